The first kappa shape index (κ1) is 22.2. The molecule has 1 aliphatic rings. The molecule has 1 amide bonds. The highest BCUT2D eigenvalue weighted by Crippen LogP contribution is 2.32. The number of amides is 1. The molecule has 7 heteroatoms. The average molecular weight is 421 g/mol. The minimum Gasteiger partial charge on any atom is -0.454 e. The molecular formula is C24H28N4O3. The van der Waals surface area contributed by atoms with Crippen LogP contribution in [0.4, 0.5) is 0 Å². The molecule has 0 aliphatic carbocycles. The van der Waals surface area contributed by atoms with Gasteiger partial charge in [0.2, 0.25) is 18.9 Å². The normalized spacial score (nSPS) is 14.0. The second kappa shape index (κ2) is 9.52. The summed E-state index contributed by atoms with van der Waals surface area (Å²) in [4.78, 5) is 16.8. The zero-order valence-corrected chi connectivity index (χ0v) is 18.4. The number of nitrogens with one attached hydrogen (secondary N) is 2. The Kier molecular flexibility index (Phi) is 6.81. The van der Waals surface area contributed by atoms with Crippen LogP contribution in [-0.2, 0) is 17.6 Å². The fourth-order valence-electron chi connectivity index (χ4n) is 3.26. The van der Waals surface area contributed by atoms with E-state index in [2.05, 4.69) is 15.6 Å². The Bertz CT molecular complexity index is 1020. The molecule has 0 bridgehead atoms. The lowest BCUT2D eigenvalue weighted by Gasteiger charge is -2.33. The highest BCUT2D eigenvalue weighted by atomic mass is 16.7. The van der Waals surface area contributed by atoms with E-state index in [1.165, 1.54) is 0 Å². The lowest BCUT2D eigenvalue weighted by molar-refractivity contribution is -0.122. The van der Waals surface area contributed by atoms with Crippen molar-refractivity contribution in [3.8, 4) is 17.7 Å². The van der Waals surface area contributed by atoms with Gasteiger partial charge in [-0.25, -0.2) is 0 Å². The van der Waals surface area contributed by atoms with Gasteiger partial charge in [-0.1, -0.05) is 51.1 Å². The molecule has 0 saturated carbocycles. The van der Waals surface area contributed by atoms with E-state index >= 15 is 0 Å². The van der Waals surface area contributed by atoms with Gasteiger partial charge in [0.1, 0.15) is 12.0 Å². The molecule has 0 spiro atoms. The van der Waals surface area contributed by atoms with Crippen molar-refractivity contribution >= 4 is 11.7 Å². The van der Waals surface area contributed by atoms with Crippen molar-refractivity contribution in [2.75, 3.05) is 6.79 Å². The highest BCUT2D eigenvalue weighted by molar-refractivity contribution is 5.86. The van der Waals surface area contributed by atoms with Crippen LogP contribution < -0.4 is 20.1 Å². The molecule has 1 aliphatic heterocycles. The average Bonchev–Trinajstić information content (AvgIpc) is 3.16. The maximum Gasteiger partial charge on any atom is 0.231 e. The third kappa shape index (κ3) is 5.98. The summed E-state index contributed by atoms with van der Waals surface area (Å²) in [7, 11) is 0. The Labute approximate surface area is 183 Å². The van der Waals surface area contributed by atoms with Crippen molar-refractivity contribution in [3.63, 3.8) is 0 Å². The van der Waals surface area contributed by atoms with Gasteiger partial charge in [0.15, 0.2) is 11.5 Å². The fraction of sp³-hybridized carbons (Fsp3) is 0.375. The largest absolute Gasteiger partial charge is 0.454 e. The van der Waals surface area contributed by atoms with Crippen LogP contribution in [0, 0.1) is 23.8 Å². The summed E-state index contributed by atoms with van der Waals surface area (Å²) in [6, 6.07) is 13.4. The van der Waals surface area contributed by atoms with Crippen LogP contribution in [0.1, 0.15) is 37.5 Å². The lowest BCUT2D eigenvalue weighted by Crippen LogP contribution is -2.55. The van der Waals surface area contributed by atoms with Crippen molar-refractivity contribution in [3.05, 3.63) is 59.2 Å². The minimum absolute atomic E-state index is 0.140. The van der Waals surface area contributed by atoms with Crippen LogP contribution in [0.5, 0.6) is 11.5 Å². The summed E-state index contributed by atoms with van der Waals surface area (Å²) in [5.74, 6) is 1.71. The Balaban J connectivity index is 1.70. The first-order chi connectivity index (χ1) is 14.8. The fourth-order valence-corrected chi connectivity index (χ4v) is 3.26. The first-order valence-electron chi connectivity index (χ1n) is 10.2. The van der Waals surface area contributed by atoms with Gasteiger partial charge in [0.25, 0.3) is 0 Å². The van der Waals surface area contributed by atoms with Crippen molar-refractivity contribution in [2.24, 2.45) is 10.4 Å². The summed E-state index contributed by atoms with van der Waals surface area (Å²) in [6.45, 7) is 8.27. The smallest absolute Gasteiger partial charge is 0.231 e. The third-order valence-electron chi connectivity index (χ3n) is 5.09. The molecule has 0 saturated heterocycles. The topological polar surface area (TPSA) is 95.7 Å². The molecule has 3 rings (SSSR count). The van der Waals surface area contributed by atoms with E-state index < -0.39 is 6.17 Å². The monoisotopic (exact) mass is 420 g/mol. The highest BCUT2D eigenvalue weighted by Gasteiger charge is 2.27. The van der Waals surface area contributed by atoms with E-state index in [0.29, 0.717) is 23.8 Å². The number of amidine groups is 1. The van der Waals surface area contributed by atoms with Crippen molar-refractivity contribution in [1.82, 2.24) is 10.6 Å². The predicted octanol–water partition coefficient (Wildman–Crippen LogP) is 3.47. The van der Waals surface area contributed by atoms with Gasteiger partial charge < -0.3 is 20.1 Å². The second-order valence-electron chi connectivity index (χ2n) is 8.64. The maximum atomic E-state index is 12.8. The Morgan fingerprint density at radius 3 is 2.58 bits per heavy atom. The van der Waals surface area contributed by atoms with Crippen LogP contribution in [0.15, 0.2) is 47.5 Å². The van der Waals surface area contributed by atoms with E-state index in [4.69, 9.17) is 14.7 Å². The molecule has 2 N–H and O–H groups in total. The summed E-state index contributed by atoms with van der Waals surface area (Å²) in [5.41, 5.74) is 2.71. The Hall–Kier alpha value is -3.53. The molecule has 0 radical (unpaired) electrons. The molecule has 2 aromatic carbocycles. The van der Waals surface area contributed by atoms with Gasteiger partial charge in [-0.2, -0.15) is 10.3 Å². The first-order valence-corrected chi connectivity index (χ1v) is 10.2. The van der Waals surface area contributed by atoms with E-state index in [1.807, 2.05) is 76.4 Å². The Morgan fingerprint density at radius 2 is 1.87 bits per heavy atom. The van der Waals surface area contributed by atoms with Gasteiger partial charge in [0, 0.05) is 11.8 Å². The zero-order valence-electron chi connectivity index (χ0n) is 18.4. The van der Waals surface area contributed by atoms with Crippen molar-refractivity contribution in [1.29, 1.82) is 5.26 Å². The van der Waals surface area contributed by atoms with Gasteiger partial charge in [-0.05, 0) is 35.7 Å². The summed E-state index contributed by atoms with van der Waals surface area (Å²) >= 11 is 0. The summed E-state index contributed by atoms with van der Waals surface area (Å²) in [6.07, 6.45) is 2.14. The molecule has 31 heavy (non-hydrogen) atoms. The molecule has 1 atom stereocenters. The van der Waals surface area contributed by atoms with E-state index in [-0.39, 0.29) is 24.5 Å². The number of nitrogens with zero attached hydrogens (tertiary/aromatic N) is 2. The number of hydrogen-bond donors (Lipinski definition) is 2. The molecule has 7 nitrogen and oxygen atoms in total. The molecule has 0 aromatic heterocycles. The van der Waals surface area contributed by atoms with Crippen LogP contribution in [0.2, 0.25) is 0 Å². The minimum atomic E-state index is -0.412. The molecule has 2 aromatic rings. The number of hydrogen-bond acceptors (Lipinski definition) is 5. The van der Waals surface area contributed by atoms with Crippen molar-refractivity contribution in [2.45, 2.75) is 46.7 Å². The summed E-state index contributed by atoms with van der Waals surface area (Å²) in [5, 5.41) is 15.5. The number of carbonyl (C=O) groups is 1. The van der Waals surface area contributed by atoms with Crippen LogP contribution >= 0.6 is 0 Å². The number of ether oxygens (including phenoxy) is 2. The number of aryl methyl sites for hydroxylation is 1. The number of aliphatic imine (C=N–C) groups is 1. The second-order valence-corrected chi connectivity index (χ2v) is 8.64. The van der Waals surface area contributed by atoms with Crippen LogP contribution in [-0.4, -0.2) is 24.7 Å². The predicted molar refractivity (Wildman–Crippen MR) is 119 cm³/mol. The lowest BCUT2D eigenvalue weighted by atomic mass is 9.91. The van der Waals surface area contributed by atoms with E-state index in [9.17, 15) is 4.79 Å². The van der Waals surface area contributed by atoms with Gasteiger partial charge in [-0.15, -0.1) is 0 Å². The number of benzene rings is 2. The van der Waals surface area contributed by atoms with E-state index in [0.717, 1.165) is 16.7 Å². The van der Waals surface area contributed by atoms with Gasteiger partial charge >= 0.3 is 0 Å². The van der Waals surface area contributed by atoms with Gasteiger partial charge in [-0.3, -0.25) is 4.79 Å². The van der Waals surface area contributed by atoms with Crippen LogP contribution in [0.3, 0.4) is 0 Å². The number of nitriles is 1. The van der Waals surface area contributed by atoms with Crippen molar-refractivity contribution < 1.29 is 14.3 Å². The number of rotatable bonds is 6. The number of carbonyl (C=O) groups excluding carboxylic acids is 1. The van der Waals surface area contributed by atoms with E-state index in [1.54, 1.807) is 0 Å². The molecule has 162 valence electrons. The number of fused-ring (bicyclic) bond motifs is 1. The quantitative estimate of drug-likeness (QED) is 0.323. The third-order valence-corrected chi connectivity index (χ3v) is 5.09. The SMILES string of the molecule is Cc1ccccc1C/C(=N\C#N)NC(NC(=O)Cc1ccc2c(c1)OCO2)C(C)(C)C. The maximum absolute atomic E-state index is 12.8. The van der Waals surface area contributed by atoms with Crippen LogP contribution in [0.25, 0.3) is 0 Å². The zero-order chi connectivity index (χ0) is 22.4. The Morgan fingerprint density at radius 1 is 1.13 bits per heavy atom. The molecular weight excluding hydrogens is 392 g/mol. The molecule has 1 unspecified atom stereocenters. The standard InChI is InChI=1S/C24H28N4O3/c1-16-7-5-6-8-18(16)13-21(26-14-25)27-23(24(2,3)4)28-22(29)12-17-9-10-19-20(11-17)31-15-30-19/h5-11,23H,12-13,15H2,1-4H3,(H,26,27)(H,28,29). The molecule has 0 fully saturated rings. The van der Waals surface area contributed by atoms with Gasteiger partial charge in [0.05, 0.1) is 6.42 Å². The summed E-state index contributed by atoms with van der Waals surface area (Å²) < 4.78 is 10.7. The molecule has 1 heterocycles.